The fourth-order valence-corrected chi connectivity index (χ4v) is 3.88. The van der Waals surface area contributed by atoms with Gasteiger partial charge in [-0.1, -0.05) is 31.9 Å². The van der Waals surface area contributed by atoms with Crippen LogP contribution >= 0.6 is 0 Å². The Morgan fingerprint density at radius 1 is 1.03 bits per heavy atom. The van der Waals surface area contributed by atoms with Gasteiger partial charge in [-0.15, -0.1) is 0 Å². The first-order valence-electron chi connectivity index (χ1n) is 12.6. The monoisotopic (exact) mass is 479 g/mol. The minimum absolute atomic E-state index is 0.0141. The quantitative estimate of drug-likeness (QED) is 0.324. The van der Waals surface area contributed by atoms with Crippen molar-refractivity contribution in [3.8, 4) is 5.75 Å². The molecule has 1 aliphatic carbocycles. The molecule has 8 nitrogen and oxygen atoms in total. The van der Waals surface area contributed by atoms with Crippen molar-refractivity contribution in [1.29, 1.82) is 0 Å². The van der Waals surface area contributed by atoms with Crippen LogP contribution in [0.2, 0.25) is 0 Å². The van der Waals surface area contributed by atoms with Gasteiger partial charge >= 0.3 is 12.1 Å². The average molecular weight is 480 g/mol. The van der Waals surface area contributed by atoms with E-state index in [1.165, 1.54) is 0 Å². The summed E-state index contributed by atoms with van der Waals surface area (Å²) in [5, 5.41) is 9.24. The molecule has 1 N–H and O–H groups in total. The summed E-state index contributed by atoms with van der Waals surface area (Å²) >= 11 is 0. The summed E-state index contributed by atoms with van der Waals surface area (Å²) in [4.78, 5) is 25.6. The van der Waals surface area contributed by atoms with Gasteiger partial charge < -0.3 is 29.0 Å². The van der Waals surface area contributed by atoms with E-state index in [9.17, 15) is 14.7 Å². The van der Waals surface area contributed by atoms with E-state index in [2.05, 4.69) is 6.92 Å². The molecule has 0 radical (unpaired) electrons. The van der Waals surface area contributed by atoms with Crippen LogP contribution in [0.25, 0.3) is 0 Å². The van der Waals surface area contributed by atoms with E-state index in [1.54, 1.807) is 24.0 Å². The molecule has 1 aromatic carbocycles. The van der Waals surface area contributed by atoms with Crippen LogP contribution in [0.4, 0.5) is 4.79 Å². The van der Waals surface area contributed by atoms with Crippen molar-refractivity contribution in [1.82, 2.24) is 4.90 Å². The van der Waals surface area contributed by atoms with Crippen LogP contribution in [-0.2, 0) is 25.4 Å². The minimum atomic E-state index is -0.971. The van der Waals surface area contributed by atoms with Crippen LogP contribution in [0.1, 0.15) is 64.4 Å². The highest BCUT2D eigenvalue weighted by atomic mass is 16.6. The number of carbonyl (C=O) groups is 2. The molecule has 1 atom stereocenters. The third-order valence-corrected chi connectivity index (χ3v) is 5.84. The lowest BCUT2D eigenvalue weighted by molar-refractivity contribution is -0.149. The van der Waals surface area contributed by atoms with Gasteiger partial charge in [0.05, 0.1) is 13.2 Å². The van der Waals surface area contributed by atoms with Gasteiger partial charge in [0, 0.05) is 26.2 Å². The van der Waals surface area contributed by atoms with Crippen molar-refractivity contribution in [3.05, 3.63) is 29.8 Å². The zero-order chi connectivity index (χ0) is 24.6. The van der Waals surface area contributed by atoms with Crippen molar-refractivity contribution < 1.29 is 33.6 Å². The second-order valence-electron chi connectivity index (χ2n) is 8.58. The SMILES string of the molecule is CCCCCOCCN(CCOc1ccc(CC(OCC)C(=O)O)cc1)C(=O)OC1CCCC1. The van der Waals surface area contributed by atoms with Crippen LogP contribution in [0, 0.1) is 0 Å². The molecule has 1 unspecified atom stereocenters. The fraction of sp³-hybridized carbons (Fsp3) is 0.692. The van der Waals surface area contributed by atoms with Gasteiger partial charge in [-0.2, -0.15) is 0 Å². The molecule has 1 aromatic rings. The molecule has 34 heavy (non-hydrogen) atoms. The first-order valence-corrected chi connectivity index (χ1v) is 12.6. The Bertz CT molecular complexity index is 704. The van der Waals surface area contributed by atoms with Crippen molar-refractivity contribution in [2.45, 2.75) is 77.4 Å². The summed E-state index contributed by atoms with van der Waals surface area (Å²) in [5.74, 6) is -0.312. The van der Waals surface area contributed by atoms with Gasteiger partial charge in [0.1, 0.15) is 18.5 Å². The molecule has 8 heteroatoms. The van der Waals surface area contributed by atoms with Gasteiger partial charge in [0.2, 0.25) is 0 Å². The number of hydrogen-bond donors (Lipinski definition) is 1. The molecular weight excluding hydrogens is 438 g/mol. The summed E-state index contributed by atoms with van der Waals surface area (Å²) < 4.78 is 22.5. The Balaban J connectivity index is 1.81. The number of carbonyl (C=O) groups excluding carboxylic acids is 1. The number of amides is 1. The number of nitrogens with zero attached hydrogens (tertiary/aromatic N) is 1. The highest BCUT2D eigenvalue weighted by Crippen LogP contribution is 2.22. The second-order valence-corrected chi connectivity index (χ2v) is 8.58. The molecule has 2 rings (SSSR count). The van der Waals surface area contributed by atoms with Crippen LogP contribution in [0.5, 0.6) is 5.75 Å². The van der Waals surface area contributed by atoms with E-state index in [0.29, 0.717) is 51.7 Å². The minimum Gasteiger partial charge on any atom is -0.492 e. The van der Waals surface area contributed by atoms with Gasteiger partial charge in [0.15, 0.2) is 6.10 Å². The standard InChI is InChI=1S/C26H41NO7/c1-3-5-8-17-31-18-15-27(26(30)34-23-9-6-7-10-23)16-19-33-22-13-11-21(12-14-22)20-24(25(28)29)32-4-2/h11-14,23-24H,3-10,15-20H2,1-2H3,(H,28,29). The lowest BCUT2D eigenvalue weighted by Gasteiger charge is -2.24. The molecule has 1 amide bonds. The number of rotatable bonds is 17. The van der Waals surface area contributed by atoms with Crippen molar-refractivity contribution >= 4 is 12.1 Å². The number of ether oxygens (including phenoxy) is 4. The Labute approximate surface area is 203 Å². The van der Waals surface area contributed by atoms with Crippen LogP contribution in [0.3, 0.4) is 0 Å². The number of hydrogen-bond acceptors (Lipinski definition) is 6. The predicted molar refractivity (Wildman–Crippen MR) is 129 cm³/mol. The topological polar surface area (TPSA) is 94.5 Å². The third-order valence-electron chi connectivity index (χ3n) is 5.84. The zero-order valence-corrected chi connectivity index (χ0v) is 20.7. The van der Waals surface area contributed by atoms with Crippen LogP contribution < -0.4 is 4.74 Å². The van der Waals surface area contributed by atoms with Gasteiger partial charge in [0.25, 0.3) is 0 Å². The maximum atomic E-state index is 12.7. The molecule has 1 saturated carbocycles. The molecule has 1 fully saturated rings. The maximum absolute atomic E-state index is 12.7. The van der Waals surface area contributed by atoms with E-state index in [4.69, 9.17) is 18.9 Å². The van der Waals surface area contributed by atoms with Crippen molar-refractivity contribution in [2.75, 3.05) is 39.5 Å². The molecule has 0 saturated heterocycles. The summed E-state index contributed by atoms with van der Waals surface area (Å²) in [7, 11) is 0. The molecule has 0 aromatic heterocycles. The maximum Gasteiger partial charge on any atom is 0.410 e. The van der Waals surface area contributed by atoms with E-state index < -0.39 is 12.1 Å². The van der Waals surface area contributed by atoms with Crippen LogP contribution in [-0.4, -0.2) is 73.8 Å². The summed E-state index contributed by atoms with van der Waals surface area (Å²) in [5.41, 5.74) is 0.857. The smallest absolute Gasteiger partial charge is 0.410 e. The highest BCUT2D eigenvalue weighted by Gasteiger charge is 2.23. The van der Waals surface area contributed by atoms with E-state index in [1.807, 2.05) is 12.1 Å². The molecule has 0 heterocycles. The lowest BCUT2D eigenvalue weighted by Crippen LogP contribution is -2.39. The van der Waals surface area contributed by atoms with Gasteiger partial charge in [-0.25, -0.2) is 9.59 Å². The van der Waals surface area contributed by atoms with Crippen molar-refractivity contribution in [2.24, 2.45) is 0 Å². The lowest BCUT2D eigenvalue weighted by atomic mass is 10.1. The Morgan fingerprint density at radius 2 is 1.74 bits per heavy atom. The van der Waals surface area contributed by atoms with E-state index >= 15 is 0 Å². The number of carboxylic acid groups (broad SMARTS) is 1. The fourth-order valence-electron chi connectivity index (χ4n) is 3.88. The largest absolute Gasteiger partial charge is 0.492 e. The zero-order valence-electron chi connectivity index (χ0n) is 20.7. The third kappa shape index (κ3) is 10.7. The highest BCUT2D eigenvalue weighted by molar-refractivity contribution is 5.72. The molecule has 1 aliphatic rings. The summed E-state index contributed by atoms with van der Waals surface area (Å²) in [6.07, 6.45) is 6.53. The van der Waals surface area contributed by atoms with Crippen molar-refractivity contribution in [3.63, 3.8) is 0 Å². The molecule has 192 valence electrons. The Morgan fingerprint density at radius 3 is 2.38 bits per heavy atom. The van der Waals surface area contributed by atoms with Gasteiger partial charge in [-0.3, -0.25) is 0 Å². The summed E-state index contributed by atoms with van der Waals surface area (Å²) in [6.45, 7) is 6.65. The first-order chi connectivity index (χ1) is 16.5. The van der Waals surface area contributed by atoms with Crippen LogP contribution in [0.15, 0.2) is 24.3 Å². The van der Waals surface area contributed by atoms with E-state index in [0.717, 1.165) is 50.5 Å². The number of unbranched alkanes of at least 4 members (excludes halogenated alkanes) is 2. The number of carboxylic acids is 1. The second kappa shape index (κ2) is 16.3. The molecule has 0 spiro atoms. The first kappa shape index (κ1) is 27.9. The molecular formula is C26H41NO7. The molecule has 0 bridgehead atoms. The summed E-state index contributed by atoms with van der Waals surface area (Å²) in [6, 6.07) is 7.28. The van der Waals surface area contributed by atoms with E-state index in [-0.39, 0.29) is 12.2 Å². The normalized spacial score (nSPS) is 14.6. The number of aliphatic carboxylic acids is 1. The van der Waals surface area contributed by atoms with Gasteiger partial charge in [-0.05, 0) is 56.7 Å². The number of benzene rings is 1. The molecule has 0 aliphatic heterocycles. The average Bonchev–Trinajstić information content (AvgIpc) is 3.33. The Hall–Kier alpha value is -2.32. The predicted octanol–water partition coefficient (Wildman–Crippen LogP) is 4.69. The Kier molecular flexibility index (Phi) is 13.4.